The molecule has 0 bridgehead atoms. The second-order valence-corrected chi connectivity index (χ2v) is 4.81. The lowest BCUT2D eigenvalue weighted by molar-refractivity contribution is 0.549. The van der Waals surface area contributed by atoms with Crippen LogP contribution in [0.25, 0.3) is 0 Å². The molecule has 0 saturated carbocycles. The first-order valence-electron chi connectivity index (χ1n) is 6.41. The van der Waals surface area contributed by atoms with Crippen molar-refractivity contribution in [2.45, 2.75) is 46.6 Å². The fraction of sp³-hybridized carbons (Fsp3) is 0.692. The summed E-state index contributed by atoms with van der Waals surface area (Å²) < 4.78 is 0. The number of aromatic nitrogens is 2. The Morgan fingerprint density at radius 2 is 2.24 bits per heavy atom. The maximum Gasteiger partial charge on any atom is 0.255 e. The molecule has 96 valence electrons. The molecule has 17 heavy (non-hydrogen) atoms. The highest BCUT2D eigenvalue weighted by molar-refractivity contribution is 5.05. The number of nitrogens with one attached hydrogen (secondary N) is 2. The Morgan fingerprint density at radius 3 is 2.82 bits per heavy atom. The van der Waals surface area contributed by atoms with E-state index in [-0.39, 0.29) is 5.56 Å². The van der Waals surface area contributed by atoms with Gasteiger partial charge in [0.2, 0.25) is 0 Å². The predicted octanol–water partition coefficient (Wildman–Crippen LogP) is 1.86. The monoisotopic (exact) mass is 237 g/mol. The SMILES string of the molecule is CCCCc1ncc(CNCC(C)C)c(=O)[nH]1. The molecule has 1 heterocycles. The molecule has 0 fully saturated rings. The lowest BCUT2D eigenvalue weighted by atomic mass is 10.2. The first kappa shape index (κ1) is 13.9. The Hall–Kier alpha value is -1.16. The molecule has 0 atom stereocenters. The van der Waals surface area contributed by atoms with Gasteiger partial charge in [-0.1, -0.05) is 27.2 Å². The van der Waals surface area contributed by atoms with Gasteiger partial charge in [-0.15, -0.1) is 0 Å². The predicted molar refractivity (Wildman–Crippen MR) is 70.0 cm³/mol. The molecule has 0 aliphatic rings. The maximum absolute atomic E-state index is 11.7. The zero-order chi connectivity index (χ0) is 12.7. The molecular weight excluding hydrogens is 214 g/mol. The fourth-order valence-corrected chi connectivity index (χ4v) is 1.55. The van der Waals surface area contributed by atoms with Gasteiger partial charge in [-0.25, -0.2) is 4.98 Å². The summed E-state index contributed by atoms with van der Waals surface area (Å²) in [7, 11) is 0. The highest BCUT2D eigenvalue weighted by Crippen LogP contribution is 1.97. The van der Waals surface area contributed by atoms with Crippen LogP contribution in [0, 0.1) is 5.92 Å². The minimum absolute atomic E-state index is 0.0117. The lowest BCUT2D eigenvalue weighted by Crippen LogP contribution is -2.25. The van der Waals surface area contributed by atoms with Crippen LogP contribution in [0.5, 0.6) is 0 Å². The summed E-state index contributed by atoms with van der Waals surface area (Å²) in [6, 6.07) is 0. The van der Waals surface area contributed by atoms with Crippen LogP contribution in [-0.4, -0.2) is 16.5 Å². The summed E-state index contributed by atoms with van der Waals surface area (Å²) in [5.41, 5.74) is 0.702. The summed E-state index contributed by atoms with van der Waals surface area (Å²) in [5, 5.41) is 3.24. The molecule has 4 heteroatoms. The van der Waals surface area contributed by atoms with Crippen LogP contribution in [0.1, 0.15) is 45.0 Å². The average molecular weight is 237 g/mol. The van der Waals surface area contributed by atoms with Crippen molar-refractivity contribution < 1.29 is 0 Å². The topological polar surface area (TPSA) is 57.8 Å². The fourth-order valence-electron chi connectivity index (χ4n) is 1.55. The van der Waals surface area contributed by atoms with E-state index in [9.17, 15) is 4.79 Å². The largest absolute Gasteiger partial charge is 0.312 e. The molecule has 4 nitrogen and oxygen atoms in total. The van der Waals surface area contributed by atoms with Crippen molar-refractivity contribution in [3.63, 3.8) is 0 Å². The van der Waals surface area contributed by atoms with Crippen molar-refractivity contribution in [3.8, 4) is 0 Å². The number of hydrogen-bond acceptors (Lipinski definition) is 3. The molecule has 2 N–H and O–H groups in total. The molecule has 1 aromatic heterocycles. The van der Waals surface area contributed by atoms with Crippen molar-refractivity contribution >= 4 is 0 Å². The molecule has 1 aromatic rings. The van der Waals surface area contributed by atoms with Crippen molar-refractivity contribution in [3.05, 3.63) is 27.9 Å². The van der Waals surface area contributed by atoms with Gasteiger partial charge in [-0.3, -0.25) is 4.79 Å². The summed E-state index contributed by atoms with van der Waals surface area (Å²) >= 11 is 0. The van der Waals surface area contributed by atoms with E-state index < -0.39 is 0 Å². The molecule has 0 amide bonds. The van der Waals surface area contributed by atoms with Crippen LogP contribution in [0.3, 0.4) is 0 Å². The van der Waals surface area contributed by atoms with Gasteiger partial charge in [0.15, 0.2) is 0 Å². The Kier molecular flexibility index (Phi) is 5.91. The molecule has 0 radical (unpaired) electrons. The van der Waals surface area contributed by atoms with Gasteiger partial charge in [0, 0.05) is 24.7 Å². The minimum atomic E-state index is -0.0117. The number of rotatable bonds is 7. The number of aryl methyl sites for hydroxylation is 1. The smallest absolute Gasteiger partial charge is 0.255 e. The van der Waals surface area contributed by atoms with E-state index in [0.29, 0.717) is 18.0 Å². The van der Waals surface area contributed by atoms with E-state index in [4.69, 9.17) is 0 Å². The van der Waals surface area contributed by atoms with Gasteiger partial charge < -0.3 is 10.3 Å². The molecule has 0 aliphatic carbocycles. The third-order valence-corrected chi connectivity index (χ3v) is 2.56. The number of unbranched alkanes of at least 4 members (excludes halogenated alkanes) is 1. The lowest BCUT2D eigenvalue weighted by Gasteiger charge is -2.07. The molecule has 0 aliphatic heterocycles. The highest BCUT2D eigenvalue weighted by Gasteiger charge is 2.02. The number of nitrogens with zero attached hydrogens (tertiary/aromatic N) is 1. The van der Waals surface area contributed by atoms with E-state index in [1.54, 1.807) is 6.20 Å². The standard InChI is InChI=1S/C13H23N3O/c1-4-5-6-12-15-9-11(13(17)16-12)8-14-7-10(2)3/h9-10,14H,4-8H2,1-3H3,(H,15,16,17). The Balaban J connectivity index is 2.54. The highest BCUT2D eigenvalue weighted by atomic mass is 16.1. The normalized spacial score (nSPS) is 11.1. The van der Waals surface area contributed by atoms with Crippen LogP contribution in [0.4, 0.5) is 0 Å². The third kappa shape index (κ3) is 5.13. The van der Waals surface area contributed by atoms with Crippen molar-refractivity contribution in [1.29, 1.82) is 0 Å². The van der Waals surface area contributed by atoms with Gasteiger partial charge in [0.1, 0.15) is 5.82 Å². The van der Waals surface area contributed by atoms with Gasteiger partial charge >= 0.3 is 0 Å². The van der Waals surface area contributed by atoms with Gasteiger partial charge in [0.05, 0.1) is 0 Å². The third-order valence-electron chi connectivity index (χ3n) is 2.56. The second-order valence-electron chi connectivity index (χ2n) is 4.81. The Labute approximate surface area is 103 Å². The number of aromatic amines is 1. The minimum Gasteiger partial charge on any atom is -0.312 e. The first-order chi connectivity index (χ1) is 8.13. The van der Waals surface area contributed by atoms with Gasteiger partial charge in [-0.05, 0) is 18.9 Å². The quantitative estimate of drug-likeness (QED) is 0.761. The van der Waals surface area contributed by atoms with E-state index in [0.717, 1.165) is 31.6 Å². The van der Waals surface area contributed by atoms with Gasteiger partial charge in [-0.2, -0.15) is 0 Å². The molecular formula is C13H23N3O. The van der Waals surface area contributed by atoms with Crippen molar-refractivity contribution in [1.82, 2.24) is 15.3 Å². The summed E-state index contributed by atoms with van der Waals surface area (Å²) in [5.74, 6) is 1.38. The van der Waals surface area contributed by atoms with Crippen LogP contribution in [0.15, 0.2) is 11.0 Å². The molecule has 0 saturated heterocycles. The van der Waals surface area contributed by atoms with Crippen molar-refractivity contribution in [2.75, 3.05) is 6.54 Å². The maximum atomic E-state index is 11.7. The van der Waals surface area contributed by atoms with Crippen LogP contribution in [0.2, 0.25) is 0 Å². The van der Waals surface area contributed by atoms with Gasteiger partial charge in [0.25, 0.3) is 5.56 Å². The first-order valence-corrected chi connectivity index (χ1v) is 6.41. The summed E-state index contributed by atoms with van der Waals surface area (Å²) in [6.45, 7) is 7.92. The van der Waals surface area contributed by atoms with E-state index >= 15 is 0 Å². The number of hydrogen-bond donors (Lipinski definition) is 2. The molecule has 0 unspecified atom stereocenters. The zero-order valence-corrected chi connectivity index (χ0v) is 11.0. The van der Waals surface area contributed by atoms with Crippen LogP contribution >= 0.6 is 0 Å². The van der Waals surface area contributed by atoms with E-state index in [2.05, 4.69) is 36.1 Å². The van der Waals surface area contributed by atoms with Crippen LogP contribution in [-0.2, 0) is 13.0 Å². The second kappa shape index (κ2) is 7.22. The Bertz CT molecular complexity index is 384. The van der Waals surface area contributed by atoms with Crippen LogP contribution < -0.4 is 10.9 Å². The average Bonchev–Trinajstić information content (AvgIpc) is 2.28. The molecule has 1 rings (SSSR count). The summed E-state index contributed by atoms with van der Waals surface area (Å²) in [6.07, 6.45) is 4.72. The molecule has 0 aromatic carbocycles. The van der Waals surface area contributed by atoms with E-state index in [1.165, 1.54) is 0 Å². The molecule has 0 spiro atoms. The summed E-state index contributed by atoms with van der Waals surface area (Å²) in [4.78, 5) is 18.9. The van der Waals surface area contributed by atoms with Crippen molar-refractivity contribution in [2.24, 2.45) is 5.92 Å². The van der Waals surface area contributed by atoms with E-state index in [1.807, 2.05) is 0 Å². The zero-order valence-electron chi connectivity index (χ0n) is 11.0. The Morgan fingerprint density at radius 1 is 1.47 bits per heavy atom. The number of H-pyrrole nitrogens is 1.